The fourth-order valence-electron chi connectivity index (χ4n) is 6.51. The van der Waals surface area contributed by atoms with Gasteiger partial charge in [-0.2, -0.15) is 0 Å². The smallest absolute Gasteiger partial charge is 0.216 e. The predicted molar refractivity (Wildman–Crippen MR) is 91.6 cm³/mol. The lowest BCUT2D eigenvalue weighted by Gasteiger charge is -2.51. The molecule has 0 saturated heterocycles. The minimum Gasteiger partial charge on any atom is -0.264 e. The molecule has 0 N–H and O–H groups in total. The van der Waals surface area contributed by atoms with Crippen molar-refractivity contribution in [1.29, 1.82) is 0 Å². The molecule has 4 aliphatic rings. The van der Waals surface area contributed by atoms with Crippen molar-refractivity contribution < 1.29 is 4.92 Å². The summed E-state index contributed by atoms with van der Waals surface area (Å²) in [6.45, 7) is 0. The van der Waals surface area contributed by atoms with Crippen molar-refractivity contribution in [2.45, 2.75) is 76.7 Å². The molecule has 4 aliphatic carbocycles. The Labute approximate surface area is 140 Å². The van der Waals surface area contributed by atoms with E-state index in [1.54, 1.807) is 0 Å². The first-order valence-electron chi connectivity index (χ1n) is 10.1. The van der Waals surface area contributed by atoms with Gasteiger partial charge in [-0.1, -0.05) is 31.4 Å². The lowest BCUT2D eigenvalue weighted by Crippen LogP contribution is -2.48. The zero-order valence-electron chi connectivity index (χ0n) is 14.2. The van der Waals surface area contributed by atoms with Crippen LogP contribution in [0.25, 0.3) is 0 Å². The van der Waals surface area contributed by atoms with Gasteiger partial charge in [-0.05, 0) is 74.5 Å². The summed E-state index contributed by atoms with van der Waals surface area (Å²) in [6, 6.07) is -0.244. The number of hydrogen-bond donors (Lipinski definition) is 0. The van der Waals surface area contributed by atoms with E-state index >= 15 is 0 Å². The second-order valence-corrected chi connectivity index (χ2v) is 8.66. The van der Waals surface area contributed by atoms with Gasteiger partial charge in [-0.3, -0.25) is 10.1 Å². The number of rotatable bonds is 3. The Hall–Kier alpha value is -0.860. The first kappa shape index (κ1) is 15.7. The second-order valence-electron chi connectivity index (χ2n) is 8.66. The first-order valence-corrected chi connectivity index (χ1v) is 10.1. The van der Waals surface area contributed by atoms with Crippen molar-refractivity contribution in [3.8, 4) is 0 Å². The number of hydrogen-bond acceptors (Lipinski definition) is 2. The van der Waals surface area contributed by atoms with Gasteiger partial charge >= 0.3 is 0 Å². The number of fused-ring (bicyclic) bond motifs is 1. The van der Waals surface area contributed by atoms with Crippen LogP contribution in [-0.2, 0) is 0 Å². The Bertz CT molecular complexity index is 474. The molecule has 0 aromatic heterocycles. The van der Waals surface area contributed by atoms with Gasteiger partial charge in [-0.25, -0.2) is 0 Å². The summed E-state index contributed by atoms with van der Waals surface area (Å²) < 4.78 is 0. The van der Waals surface area contributed by atoms with Gasteiger partial charge in [0.2, 0.25) is 6.04 Å². The van der Waals surface area contributed by atoms with Crippen molar-refractivity contribution in [1.82, 2.24) is 0 Å². The monoisotopic (exact) mass is 317 g/mol. The summed E-state index contributed by atoms with van der Waals surface area (Å²) in [5.74, 6) is 4.30. The Morgan fingerprint density at radius 3 is 2.22 bits per heavy atom. The molecule has 3 fully saturated rings. The standard InChI is InChI=1S/C20H31NO2/c22-21(23)20-11-4-3-9-19(20)18-13-12-17(18)16-10-5-7-14-6-1-2-8-15(14)16/h5,10,14-20H,1-4,6-9,11-13H2. The Morgan fingerprint density at radius 1 is 0.783 bits per heavy atom. The molecule has 7 unspecified atom stereocenters. The number of nitro groups is 1. The van der Waals surface area contributed by atoms with E-state index in [0.717, 1.165) is 42.9 Å². The minimum absolute atomic E-state index is 0.0549. The molecule has 0 heterocycles. The zero-order chi connectivity index (χ0) is 15.8. The van der Waals surface area contributed by atoms with Gasteiger partial charge in [0, 0.05) is 17.3 Å². The fraction of sp³-hybridized carbons (Fsp3) is 0.900. The van der Waals surface area contributed by atoms with E-state index in [9.17, 15) is 10.1 Å². The van der Waals surface area contributed by atoms with Crippen molar-refractivity contribution in [2.24, 2.45) is 35.5 Å². The maximum Gasteiger partial charge on any atom is 0.216 e. The van der Waals surface area contributed by atoms with Crippen LogP contribution in [-0.4, -0.2) is 11.0 Å². The molecule has 128 valence electrons. The number of allylic oxidation sites excluding steroid dienone is 2. The molecule has 0 aromatic rings. The average Bonchev–Trinajstić information content (AvgIpc) is 2.54. The molecule has 23 heavy (non-hydrogen) atoms. The molecule has 4 rings (SSSR count). The van der Waals surface area contributed by atoms with Gasteiger partial charge < -0.3 is 0 Å². The van der Waals surface area contributed by atoms with E-state index in [1.807, 2.05) is 0 Å². The molecule has 3 saturated carbocycles. The van der Waals surface area contributed by atoms with Crippen LogP contribution in [0.1, 0.15) is 70.6 Å². The maximum atomic E-state index is 11.5. The lowest BCUT2D eigenvalue weighted by molar-refractivity contribution is -0.539. The highest BCUT2D eigenvalue weighted by Gasteiger charge is 2.50. The van der Waals surface area contributed by atoms with Crippen molar-refractivity contribution in [2.75, 3.05) is 0 Å². The van der Waals surface area contributed by atoms with Crippen LogP contribution in [0.3, 0.4) is 0 Å². The summed E-state index contributed by atoms with van der Waals surface area (Å²) >= 11 is 0. The highest BCUT2D eigenvalue weighted by Crippen LogP contribution is 2.54. The van der Waals surface area contributed by atoms with Gasteiger partial charge in [0.15, 0.2) is 0 Å². The van der Waals surface area contributed by atoms with Crippen molar-refractivity contribution in [3.05, 3.63) is 22.3 Å². The molecule has 3 nitrogen and oxygen atoms in total. The molecule has 0 spiro atoms. The molecular weight excluding hydrogens is 286 g/mol. The van der Waals surface area contributed by atoms with Crippen LogP contribution in [0.5, 0.6) is 0 Å². The van der Waals surface area contributed by atoms with Crippen LogP contribution in [0, 0.1) is 45.6 Å². The summed E-state index contributed by atoms with van der Waals surface area (Å²) in [5.41, 5.74) is 0. The Kier molecular flexibility index (Phi) is 4.47. The molecular formula is C20H31NO2. The fourth-order valence-corrected chi connectivity index (χ4v) is 6.51. The molecule has 0 aliphatic heterocycles. The quantitative estimate of drug-likeness (QED) is 0.406. The SMILES string of the molecule is O=[N+]([O-])C1CCCCC1C1CCC1C1C=CCC2CCCCC21. The highest BCUT2D eigenvalue weighted by molar-refractivity contribution is 5.07. The average molecular weight is 317 g/mol. The van der Waals surface area contributed by atoms with E-state index in [1.165, 1.54) is 51.4 Å². The minimum atomic E-state index is -0.244. The second kappa shape index (κ2) is 6.57. The topological polar surface area (TPSA) is 43.1 Å². The van der Waals surface area contributed by atoms with Gasteiger partial charge in [0.1, 0.15) is 0 Å². The first-order chi connectivity index (χ1) is 11.3. The Morgan fingerprint density at radius 2 is 1.48 bits per heavy atom. The molecule has 0 radical (unpaired) electrons. The summed E-state index contributed by atoms with van der Waals surface area (Å²) in [7, 11) is 0. The third-order valence-electron chi connectivity index (χ3n) is 7.74. The summed E-state index contributed by atoms with van der Waals surface area (Å²) in [4.78, 5) is 11.6. The largest absolute Gasteiger partial charge is 0.264 e. The van der Waals surface area contributed by atoms with Crippen LogP contribution >= 0.6 is 0 Å². The van der Waals surface area contributed by atoms with E-state index in [4.69, 9.17) is 0 Å². The normalized spacial score (nSPS) is 46.7. The molecule has 7 atom stereocenters. The van der Waals surface area contributed by atoms with Gasteiger partial charge in [0.05, 0.1) is 0 Å². The highest BCUT2D eigenvalue weighted by atomic mass is 16.6. The molecule has 3 heteroatoms. The predicted octanol–water partition coefficient (Wildman–Crippen LogP) is 5.23. The third-order valence-corrected chi connectivity index (χ3v) is 7.74. The van der Waals surface area contributed by atoms with Gasteiger partial charge in [0.25, 0.3) is 0 Å². The maximum absolute atomic E-state index is 11.5. The van der Waals surface area contributed by atoms with Gasteiger partial charge in [-0.15, -0.1) is 0 Å². The molecule has 0 bridgehead atoms. The van der Waals surface area contributed by atoms with Crippen LogP contribution in [0.4, 0.5) is 0 Å². The van der Waals surface area contributed by atoms with E-state index in [0.29, 0.717) is 11.8 Å². The van der Waals surface area contributed by atoms with Crippen LogP contribution in [0.2, 0.25) is 0 Å². The third kappa shape index (κ3) is 2.85. The van der Waals surface area contributed by atoms with E-state index in [2.05, 4.69) is 12.2 Å². The van der Waals surface area contributed by atoms with Crippen LogP contribution < -0.4 is 0 Å². The lowest BCUT2D eigenvalue weighted by atomic mass is 9.53. The molecule has 0 aromatic carbocycles. The van der Waals surface area contributed by atoms with Crippen molar-refractivity contribution >= 4 is 0 Å². The van der Waals surface area contributed by atoms with E-state index < -0.39 is 0 Å². The summed E-state index contributed by atoms with van der Waals surface area (Å²) in [6.07, 6.45) is 18.7. The number of nitrogens with zero attached hydrogens (tertiary/aromatic N) is 1. The van der Waals surface area contributed by atoms with E-state index in [-0.39, 0.29) is 11.0 Å². The Balaban J connectivity index is 1.49. The summed E-state index contributed by atoms with van der Waals surface area (Å²) in [5, 5.41) is 11.5. The van der Waals surface area contributed by atoms with Crippen LogP contribution in [0.15, 0.2) is 12.2 Å². The molecule has 0 amide bonds. The van der Waals surface area contributed by atoms with Crippen molar-refractivity contribution in [3.63, 3.8) is 0 Å². The zero-order valence-corrected chi connectivity index (χ0v) is 14.2.